The normalized spacial score (nSPS) is 18.3. The summed E-state index contributed by atoms with van der Waals surface area (Å²) in [6, 6.07) is 11.8. The van der Waals surface area contributed by atoms with Gasteiger partial charge in [0.1, 0.15) is 0 Å². The molecule has 0 aliphatic carbocycles. The fraction of sp³-hybridized carbons (Fsp3) is 0.350. The van der Waals surface area contributed by atoms with Gasteiger partial charge in [0.15, 0.2) is 0 Å². The zero-order chi connectivity index (χ0) is 19.6. The molecule has 1 heterocycles. The van der Waals surface area contributed by atoms with E-state index < -0.39 is 10.0 Å². The number of rotatable bonds is 4. The van der Waals surface area contributed by atoms with Gasteiger partial charge in [0.2, 0.25) is 10.0 Å². The van der Waals surface area contributed by atoms with Gasteiger partial charge < -0.3 is 5.32 Å². The first-order valence-electron chi connectivity index (χ1n) is 8.98. The summed E-state index contributed by atoms with van der Waals surface area (Å²) in [5.74, 6) is -0.283. The number of piperidine rings is 1. The van der Waals surface area contributed by atoms with Crippen molar-refractivity contribution in [3.63, 3.8) is 0 Å². The quantitative estimate of drug-likeness (QED) is 0.741. The van der Waals surface area contributed by atoms with Crippen LogP contribution in [0.2, 0.25) is 0 Å². The second-order valence-corrected chi connectivity index (χ2v) is 9.67. The predicted octanol–water partition coefficient (Wildman–Crippen LogP) is 4.57. The molecule has 2 aromatic rings. The van der Waals surface area contributed by atoms with E-state index in [4.69, 9.17) is 0 Å². The second-order valence-electron chi connectivity index (χ2n) is 6.92. The Labute approximate surface area is 169 Å². The van der Waals surface area contributed by atoms with Crippen molar-refractivity contribution in [2.75, 3.05) is 11.9 Å². The highest BCUT2D eigenvalue weighted by molar-refractivity contribution is 9.10. The molecule has 1 amide bonds. The van der Waals surface area contributed by atoms with E-state index in [0.717, 1.165) is 29.3 Å². The van der Waals surface area contributed by atoms with Gasteiger partial charge >= 0.3 is 0 Å². The van der Waals surface area contributed by atoms with E-state index in [1.54, 1.807) is 16.4 Å². The molecule has 5 nitrogen and oxygen atoms in total. The Kier molecular flexibility index (Phi) is 6.03. The smallest absolute Gasteiger partial charge is 0.255 e. The Balaban J connectivity index is 1.77. The van der Waals surface area contributed by atoms with Crippen LogP contribution in [0.5, 0.6) is 0 Å². The second kappa shape index (κ2) is 8.12. The number of carbonyl (C=O) groups excluding carboxylic acids is 1. The third-order valence-electron chi connectivity index (χ3n) is 4.84. The van der Waals surface area contributed by atoms with Crippen molar-refractivity contribution in [2.45, 2.75) is 44.0 Å². The van der Waals surface area contributed by atoms with Crippen molar-refractivity contribution in [2.24, 2.45) is 0 Å². The first-order valence-corrected chi connectivity index (χ1v) is 11.2. The van der Waals surface area contributed by atoms with Gasteiger partial charge in [-0.3, -0.25) is 4.79 Å². The third-order valence-corrected chi connectivity index (χ3v) is 7.52. The molecule has 1 N–H and O–H groups in total. The number of carbonyl (C=O) groups is 1. The van der Waals surface area contributed by atoms with Crippen LogP contribution in [0.3, 0.4) is 0 Å². The van der Waals surface area contributed by atoms with Crippen molar-refractivity contribution in [3.05, 3.63) is 58.1 Å². The highest BCUT2D eigenvalue weighted by Gasteiger charge is 2.30. The molecular formula is C20H23BrN2O3S. The number of hydrogen-bond donors (Lipinski definition) is 1. The topological polar surface area (TPSA) is 66.5 Å². The van der Waals surface area contributed by atoms with Gasteiger partial charge in [0.25, 0.3) is 5.91 Å². The Morgan fingerprint density at radius 1 is 1.15 bits per heavy atom. The molecule has 1 aliphatic rings. The van der Waals surface area contributed by atoms with Gasteiger partial charge in [-0.1, -0.05) is 12.5 Å². The first kappa shape index (κ1) is 20.0. The first-order chi connectivity index (χ1) is 12.8. The van der Waals surface area contributed by atoms with Gasteiger partial charge in [-0.25, -0.2) is 8.42 Å². The van der Waals surface area contributed by atoms with E-state index >= 15 is 0 Å². The van der Waals surface area contributed by atoms with Crippen LogP contribution in [-0.4, -0.2) is 31.2 Å². The average molecular weight is 451 g/mol. The van der Waals surface area contributed by atoms with Crippen LogP contribution in [0.1, 0.15) is 42.1 Å². The average Bonchev–Trinajstić information content (AvgIpc) is 2.64. The minimum atomic E-state index is -3.53. The number of nitrogens with zero attached hydrogens (tertiary/aromatic N) is 1. The maximum absolute atomic E-state index is 12.9. The maximum atomic E-state index is 12.9. The highest BCUT2D eigenvalue weighted by Crippen LogP contribution is 2.26. The largest absolute Gasteiger partial charge is 0.321 e. The van der Waals surface area contributed by atoms with Gasteiger partial charge in [0.05, 0.1) is 10.6 Å². The fourth-order valence-electron chi connectivity index (χ4n) is 3.26. The molecule has 7 heteroatoms. The number of aryl methyl sites for hydroxylation is 1. The van der Waals surface area contributed by atoms with E-state index in [2.05, 4.69) is 21.2 Å². The molecule has 2 aromatic carbocycles. The molecule has 1 fully saturated rings. The van der Waals surface area contributed by atoms with Gasteiger partial charge in [-0.15, -0.1) is 0 Å². The lowest BCUT2D eigenvalue weighted by Crippen LogP contribution is -2.41. The van der Waals surface area contributed by atoms with Crippen LogP contribution in [0.15, 0.2) is 51.8 Å². The van der Waals surface area contributed by atoms with E-state index in [1.807, 2.05) is 32.0 Å². The number of benzene rings is 2. The predicted molar refractivity (Wildman–Crippen MR) is 110 cm³/mol. The monoisotopic (exact) mass is 450 g/mol. The van der Waals surface area contributed by atoms with Crippen LogP contribution in [0.4, 0.5) is 5.69 Å². The molecule has 0 bridgehead atoms. The lowest BCUT2D eigenvalue weighted by Gasteiger charge is -2.32. The molecule has 0 aromatic heterocycles. The molecule has 1 saturated heterocycles. The minimum absolute atomic E-state index is 0.00520. The van der Waals surface area contributed by atoms with Crippen LogP contribution < -0.4 is 5.32 Å². The SMILES string of the molecule is Cc1ccc(NC(=O)c2ccc(S(=O)(=O)N3CCCCC3C)cc2)c(Br)c1. The number of anilines is 1. The minimum Gasteiger partial charge on any atom is -0.321 e. The van der Waals surface area contributed by atoms with Crippen molar-refractivity contribution >= 4 is 37.5 Å². The van der Waals surface area contributed by atoms with Crippen LogP contribution in [0, 0.1) is 6.92 Å². The highest BCUT2D eigenvalue weighted by atomic mass is 79.9. The summed E-state index contributed by atoms with van der Waals surface area (Å²) < 4.78 is 28.1. The Hall–Kier alpha value is -1.70. The fourth-order valence-corrected chi connectivity index (χ4v) is 5.55. The summed E-state index contributed by atoms with van der Waals surface area (Å²) >= 11 is 3.44. The standard InChI is InChI=1S/C20H23BrN2O3S/c1-14-6-11-19(18(21)13-14)22-20(24)16-7-9-17(10-8-16)27(25,26)23-12-4-3-5-15(23)2/h6-11,13,15H,3-5,12H2,1-2H3,(H,22,24). The van der Waals surface area contributed by atoms with Gasteiger partial charge in [-0.2, -0.15) is 4.31 Å². The Morgan fingerprint density at radius 2 is 1.85 bits per heavy atom. The Bertz CT molecular complexity index is 942. The summed E-state index contributed by atoms with van der Waals surface area (Å²) in [5.41, 5.74) is 2.17. The van der Waals surface area contributed by atoms with Crippen molar-refractivity contribution in [3.8, 4) is 0 Å². The summed E-state index contributed by atoms with van der Waals surface area (Å²) in [4.78, 5) is 12.7. The summed E-state index contributed by atoms with van der Waals surface area (Å²) in [5, 5.41) is 2.84. The van der Waals surface area contributed by atoms with E-state index in [1.165, 1.54) is 12.1 Å². The number of halogens is 1. The molecule has 0 saturated carbocycles. The molecule has 144 valence electrons. The number of hydrogen-bond acceptors (Lipinski definition) is 3. The molecule has 1 unspecified atom stereocenters. The van der Waals surface area contributed by atoms with Gasteiger partial charge in [0, 0.05) is 22.6 Å². The van der Waals surface area contributed by atoms with E-state index in [-0.39, 0.29) is 16.8 Å². The summed E-state index contributed by atoms with van der Waals surface area (Å²) in [6.07, 6.45) is 2.82. The van der Waals surface area contributed by atoms with Crippen LogP contribution in [-0.2, 0) is 10.0 Å². The molecule has 1 atom stereocenters. The Morgan fingerprint density at radius 3 is 2.48 bits per heavy atom. The lowest BCUT2D eigenvalue weighted by molar-refractivity contribution is 0.102. The number of sulfonamides is 1. The summed E-state index contributed by atoms with van der Waals surface area (Å²) in [7, 11) is -3.53. The maximum Gasteiger partial charge on any atom is 0.255 e. The molecule has 0 spiro atoms. The molecule has 27 heavy (non-hydrogen) atoms. The van der Waals surface area contributed by atoms with E-state index in [9.17, 15) is 13.2 Å². The molecular weight excluding hydrogens is 428 g/mol. The number of nitrogens with one attached hydrogen (secondary N) is 1. The zero-order valence-electron chi connectivity index (χ0n) is 15.4. The lowest BCUT2D eigenvalue weighted by atomic mass is 10.1. The molecule has 1 aliphatic heterocycles. The van der Waals surface area contributed by atoms with Crippen molar-refractivity contribution in [1.29, 1.82) is 0 Å². The van der Waals surface area contributed by atoms with Gasteiger partial charge in [-0.05, 0) is 84.6 Å². The number of amides is 1. The van der Waals surface area contributed by atoms with Crippen LogP contribution in [0.25, 0.3) is 0 Å². The third kappa shape index (κ3) is 4.42. The molecule has 0 radical (unpaired) electrons. The zero-order valence-corrected chi connectivity index (χ0v) is 17.8. The van der Waals surface area contributed by atoms with Crippen molar-refractivity contribution in [1.82, 2.24) is 4.31 Å². The van der Waals surface area contributed by atoms with Crippen molar-refractivity contribution < 1.29 is 13.2 Å². The molecule has 3 rings (SSSR count). The van der Waals surface area contributed by atoms with Crippen LogP contribution >= 0.6 is 15.9 Å². The van der Waals surface area contributed by atoms with E-state index in [0.29, 0.717) is 17.8 Å². The summed E-state index contributed by atoms with van der Waals surface area (Å²) in [6.45, 7) is 4.46.